The molecule has 0 aromatic heterocycles. The van der Waals surface area contributed by atoms with Crippen molar-refractivity contribution >= 4 is 7.60 Å². The molecule has 1 N–H and O–H groups in total. The Labute approximate surface area is 182 Å². The molecule has 4 nitrogen and oxygen atoms in total. The first-order valence-corrected chi connectivity index (χ1v) is 13.8. The lowest BCUT2D eigenvalue weighted by Gasteiger charge is -2.35. The largest absolute Gasteiger partial charge is 0.385 e. The molecule has 5 heteroatoms. The van der Waals surface area contributed by atoms with Crippen LogP contribution < -0.4 is 0 Å². The van der Waals surface area contributed by atoms with E-state index in [1.807, 2.05) is 28.1 Å². The number of hydrogen-bond acceptors (Lipinski definition) is 2. The molecule has 2 atom stereocenters. The molecule has 2 unspecified atom stereocenters. The predicted octanol–water partition coefficient (Wildman–Crippen LogP) is 7.67. The van der Waals surface area contributed by atoms with Crippen LogP contribution in [-0.4, -0.2) is 42.9 Å². The van der Waals surface area contributed by atoms with Gasteiger partial charge < -0.3 is 13.9 Å². The molecule has 0 radical (unpaired) electrons. The number of hydrogen-bond donors (Lipinski definition) is 1. The molecule has 0 aliphatic rings. The molecule has 0 amide bonds. The lowest BCUT2D eigenvalue weighted by atomic mass is 10.1. The molecular weight excluding hydrogens is 381 g/mol. The average molecular weight is 433 g/mol. The van der Waals surface area contributed by atoms with Gasteiger partial charge in [0.15, 0.2) is 5.78 Å². The number of quaternary nitrogens is 1. The van der Waals surface area contributed by atoms with Gasteiger partial charge in [-0.1, -0.05) is 83.8 Å². The summed E-state index contributed by atoms with van der Waals surface area (Å²) in [6.45, 7) is 4.60. The number of nitrogens with zero attached hydrogens (tertiary/aromatic N) is 1. The van der Waals surface area contributed by atoms with Gasteiger partial charge >= 0.3 is 7.60 Å². The van der Waals surface area contributed by atoms with E-state index < -0.39 is 7.60 Å². The van der Waals surface area contributed by atoms with E-state index in [2.05, 4.69) is 19.1 Å². The minimum Gasteiger partial charge on any atom is -0.320 e. The third-order valence-electron chi connectivity index (χ3n) is 5.57. The summed E-state index contributed by atoms with van der Waals surface area (Å²) in [5, 5.41) is 0. The third kappa shape index (κ3) is 16.2. The molecule has 0 fully saturated rings. The van der Waals surface area contributed by atoms with Gasteiger partial charge in [-0.25, -0.2) is 0 Å². The van der Waals surface area contributed by atoms with Gasteiger partial charge in [0.1, 0.15) is 0 Å². The molecular formula is C24H51NO3P+. The van der Waals surface area contributed by atoms with Crippen molar-refractivity contribution in [3.8, 4) is 0 Å². The summed E-state index contributed by atoms with van der Waals surface area (Å²) in [4.78, 5) is 10.2. The van der Waals surface area contributed by atoms with Crippen molar-refractivity contribution in [1.82, 2.24) is 0 Å². The zero-order chi connectivity index (χ0) is 22.0. The Bertz CT molecular complexity index is 446. The van der Waals surface area contributed by atoms with Crippen LogP contribution in [-0.2, 0) is 9.09 Å². The maximum Gasteiger partial charge on any atom is 0.385 e. The Kier molecular flexibility index (Phi) is 17.4. The van der Waals surface area contributed by atoms with Crippen molar-refractivity contribution < 1.29 is 18.5 Å². The van der Waals surface area contributed by atoms with Gasteiger partial charge in [-0.3, -0.25) is 4.57 Å². The van der Waals surface area contributed by atoms with Crippen LogP contribution in [0.5, 0.6) is 0 Å². The van der Waals surface area contributed by atoms with E-state index in [9.17, 15) is 9.46 Å². The molecule has 0 heterocycles. The van der Waals surface area contributed by atoms with Gasteiger partial charge in [0.2, 0.25) is 0 Å². The summed E-state index contributed by atoms with van der Waals surface area (Å²) in [5.74, 6) is -0.353. The van der Waals surface area contributed by atoms with Crippen LogP contribution in [0.15, 0.2) is 12.2 Å². The highest BCUT2D eigenvalue weighted by molar-refractivity contribution is 7.53. The van der Waals surface area contributed by atoms with E-state index in [1.54, 1.807) is 0 Å². The Morgan fingerprint density at radius 2 is 1.24 bits per heavy atom. The summed E-state index contributed by atoms with van der Waals surface area (Å²) >= 11 is 0. The van der Waals surface area contributed by atoms with E-state index in [0.717, 1.165) is 25.7 Å². The van der Waals surface area contributed by atoms with E-state index in [-0.39, 0.29) is 5.78 Å². The van der Waals surface area contributed by atoms with Crippen molar-refractivity contribution in [2.45, 2.75) is 116 Å². The monoisotopic (exact) mass is 432 g/mol. The topological polar surface area (TPSA) is 46.5 Å². The van der Waals surface area contributed by atoms with Gasteiger partial charge in [-0.15, -0.1) is 0 Å². The summed E-state index contributed by atoms with van der Waals surface area (Å²) in [7, 11) is 2.29. The van der Waals surface area contributed by atoms with E-state index in [4.69, 9.17) is 4.52 Å². The molecule has 0 saturated heterocycles. The second-order valence-electron chi connectivity index (χ2n) is 9.34. The van der Waals surface area contributed by atoms with Crippen LogP contribution in [0, 0.1) is 0 Å². The van der Waals surface area contributed by atoms with Crippen molar-refractivity contribution in [1.29, 1.82) is 0 Å². The minimum absolute atomic E-state index is 0.353. The number of allylic oxidation sites excluding steroid dienone is 2. The second kappa shape index (κ2) is 17.5. The normalized spacial score (nSPS) is 15.7. The lowest BCUT2D eigenvalue weighted by Crippen LogP contribution is -2.44. The van der Waals surface area contributed by atoms with Crippen LogP contribution in [0.4, 0.5) is 0 Å². The fourth-order valence-corrected chi connectivity index (χ4v) is 5.75. The molecule has 0 aromatic rings. The first-order chi connectivity index (χ1) is 13.8. The van der Waals surface area contributed by atoms with Crippen LogP contribution in [0.2, 0.25) is 0 Å². The smallest absolute Gasteiger partial charge is 0.320 e. The van der Waals surface area contributed by atoms with Crippen molar-refractivity contribution in [2.24, 2.45) is 0 Å². The van der Waals surface area contributed by atoms with Crippen LogP contribution in [0.1, 0.15) is 110 Å². The first kappa shape index (κ1) is 28.9. The van der Waals surface area contributed by atoms with E-state index >= 15 is 0 Å². The lowest BCUT2D eigenvalue weighted by molar-refractivity contribution is -0.883. The molecule has 0 saturated carbocycles. The predicted molar refractivity (Wildman–Crippen MR) is 127 cm³/mol. The number of unbranched alkanes of at least 4 members (excludes halogenated alkanes) is 12. The zero-order valence-corrected chi connectivity index (χ0v) is 21.1. The van der Waals surface area contributed by atoms with Crippen molar-refractivity contribution in [2.75, 3.05) is 27.7 Å². The van der Waals surface area contributed by atoms with Crippen LogP contribution in [0.25, 0.3) is 0 Å². The summed E-state index contributed by atoms with van der Waals surface area (Å²) < 4.78 is 18.3. The number of rotatable bonds is 20. The van der Waals surface area contributed by atoms with Gasteiger partial charge in [-0.05, 0) is 32.1 Å². The summed E-state index contributed by atoms with van der Waals surface area (Å²) in [6, 6.07) is 0. The first-order valence-electron chi connectivity index (χ1n) is 12.2. The Balaban J connectivity index is 3.55. The summed E-state index contributed by atoms with van der Waals surface area (Å²) in [5.41, 5.74) is 0. The molecule has 0 rings (SSSR count). The van der Waals surface area contributed by atoms with Gasteiger partial charge in [0.05, 0.1) is 27.7 Å². The maximum absolute atomic E-state index is 12.5. The van der Waals surface area contributed by atoms with Crippen molar-refractivity contribution in [3.05, 3.63) is 12.2 Å². The van der Waals surface area contributed by atoms with Crippen LogP contribution in [0.3, 0.4) is 0 Å². The standard InChI is InChI=1S/C24H50NO3P/c1-6-8-9-10-11-12-13-14-15-16-17-18-19-20-21-22-23-28-29(26,27)24(7-2)25(3,4)5/h16-17,24H,6-15,18-23H2,1-5H3/p+1. The fourth-order valence-electron chi connectivity index (χ4n) is 3.85. The van der Waals surface area contributed by atoms with Gasteiger partial charge in [0.25, 0.3) is 0 Å². The third-order valence-corrected chi connectivity index (χ3v) is 7.93. The van der Waals surface area contributed by atoms with Crippen LogP contribution >= 0.6 is 7.60 Å². The highest BCUT2D eigenvalue weighted by Gasteiger charge is 2.41. The Morgan fingerprint density at radius 3 is 1.69 bits per heavy atom. The zero-order valence-electron chi connectivity index (χ0n) is 20.2. The maximum atomic E-state index is 12.5. The molecule has 0 aliphatic carbocycles. The molecule has 0 aliphatic heterocycles. The van der Waals surface area contributed by atoms with E-state index in [1.165, 1.54) is 64.2 Å². The molecule has 0 bridgehead atoms. The Hall–Kier alpha value is -0.150. The molecule has 174 valence electrons. The minimum atomic E-state index is -3.55. The highest BCUT2D eigenvalue weighted by Crippen LogP contribution is 2.51. The van der Waals surface area contributed by atoms with Gasteiger partial charge in [-0.2, -0.15) is 0 Å². The van der Waals surface area contributed by atoms with Gasteiger partial charge in [0, 0.05) is 6.42 Å². The molecule has 29 heavy (non-hydrogen) atoms. The second-order valence-corrected chi connectivity index (χ2v) is 11.3. The molecule has 0 spiro atoms. The van der Waals surface area contributed by atoms with E-state index in [0.29, 0.717) is 17.5 Å². The molecule has 0 aromatic carbocycles. The summed E-state index contributed by atoms with van der Waals surface area (Å²) in [6.07, 6.45) is 23.0. The fraction of sp³-hybridized carbons (Fsp3) is 0.917. The average Bonchev–Trinajstić information content (AvgIpc) is 2.63. The SMILES string of the molecule is CCCCCCCCCCC=CCCCCCCOP(=O)(O)C(CC)[N+](C)(C)C. The van der Waals surface area contributed by atoms with Crippen molar-refractivity contribution in [3.63, 3.8) is 0 Å². The quantitative estimate of drug-likeness (QED) is 0.0929. The highest BCUT2D eigenvalue weighted by atomic mass is 31.2. The Morgan fingerprint density at radius 1 is 0.793 bits per heavy atom.